The molecule has 254 valence electrons. The highest BCUT2D eigenvalue weighted by atomic mass is 35.5. The second-order valence-electron chi connectivity index (χ2n) is 12.4. The van der Waals surface area contributed by atoms with Gasteiger partial charge in [-0.1, -0.05) is 145 Å². The molecule has 1 saturated heterocycles. The molecule has 0 saturated carbocycles. The van der Waals surface area contributed by atoms with Crippen LogP contribution in [0, 0.1) is 0 Å². The lowest BCUT2D eigenvalue weighted by molar-refractivity contribution is -0.372. The third-order valence-corrected chi connectivity index (χ3v) is 8.96. The van der Waals surface area contributed by atoms with Crippen LogP contribution in [0.2, 0.25) is 5.02 Å². The Morgan fingerprint density at radius 3 is 1.49 bits per heavy atom. The molecule has 1 heterocycles. The van der Waals surface area contributed by atoms with Crippen molar-refractivity contribution in [3.05, 3.63) is 178 Å². The zero-order valence-corrected chi connectivity index (χ0v) is 28.2. The summed E-state index contributed by atoms with van der Waals surface area (Å²) in [4.78, 5) is 0. The third-order valence-electron chi connectivity index (χ3n) is 8.71. The highest BCUT2D eigenvalue weighted by molar-refractivity contribution is 6.30. The lowest BCUT2D eigenvalue weighted by Gasteiger charge is -2.50. The Bertz CT molecular complexity index is 1660. The fraction of sp³-hybridized carbons (Fsp3) is 0.286. The second kappa shape index (κ2) is 17.7. The van der Waals surface area contributed by atoms with E-state index in [1.807, 2.05) is 146 Å². The van der Waals surface area contributed by atoms with E-state index < -0.39 is 30.2 Å². The van der Waals surface area contributed by atoms with Crippen molar-refractivity contribution >= 4 is 11.6 Å². The first-order valence-corrected chi connectivity index (χ1v) is 17.2. The molecule has 0 aliphatic carbocycles. The topological polar surface area (TPSA) is 66.4 Å². The summed E-state index contributed by atoms with van der Waals surface area (Å²) in [5, 5.41) is 13.3. The van der Waals surface area contributed by atoms with E-state index >= 15 is 0 Å². The van der Waals surface area contributed by atoms with Crippen LogP contribution >= 0.6 is 11.6 Å². The van der Waals surface area contributed by atoms with Gasteiger partial charge >= 0.3 is 0 Å². The van der Waals surface area contributed by atoms with Gasteiger partial charge in [-0.05, 0) is 46.4 Å². The van der Waals surface area contributed by atoms with Gasteiger partial charge in [0.05, 0.1) is 33.0 Å². The van der Waals surface area contributed by atoms with Crippen LogP contribution in [0.5, 0.6) is 0 Å². The smallest absolute Gasteiger partial charge is 0.195 e. The Kier molecular flexibility index (Phi) is 12.6. The average molecular weight is 679 g/mol. The van der Waals surface area contributed by atoms with E-state index in [-0.39, 0.29) is 19.6 Å². The van der Waals surface area contributed by atoms with Crippen LogP contribution in [0.4, 0.5) is 0 Å². The molecule has 0 amide bonds. The Balaban J connectivity index is 1.33. The fourth-order valence-corrected chi connectivity index (χ4v) is 6.24. The Labute approximate surface area is 294 Å². The van der Waals surface area contributed by atoms with Crippen LogP contribution in [0.1, 0.15) is 34.2 Å². The van der Waals surface area contributed by atoms with Crippen molar-refractivity contribution in [3.63, 3.8) is 0 Å². The molecule has 5 aromatic carbocycles. The van der Waals surface area contributed by atoms with E-state index in [0.29, 0.717) is 31.3 Å². The summed E-state index contributed by atoms with van der Waals surface area (Å²) in [6.45, 7) is 1.44. The summed E-state index contributed by atoms with van der Waals surface area (Å²) in [7, 11) is 0. The fourth-order valence-electron chi connectivity index (χ4n) is 6.11. The van der Waals surface area contributed by atoms with Gasteiger partial charge in [0, 0.05) is 11.4 Å². The number of rotatable bonds is 16. The molecule has 1 N–H and O–H groups in total. The summed E-state index contributed by atoms with van der Waals surface area (Å²) in [6.07, 6.45) is -2.12. The predicted molar refractivity (Wildman–Crippen MR) is 191 cm³/mol. The van der Waals surface area contributed by atoms with Gasteiger partial charge in [-0.3, -0.25) is 0 Å². The largest absolute Gasteiger partial charge is 0.374 e. The summed E-state index contributed by atoms with van der Waals surface area (Å²) in [5.74, 6) is -1.73. The lowest BCUT2D eigenvalue weighted by atomic mass is 9.88. The normalized spacial score (nSPS) is 22.2. The molecule has 0 unspecified atom stereocenters. The second-order valence-corrected chi connectivity index (χ2v) is 12.8. The van der Waals surface area contributed by atoms with Crippen LogP contribution in [-0.2, 0) is 56.5 Å². The zero-order valence-electron chi connectivity index (χ0n) is 27.5. The minimum Gasteiger partial charge on any atom is -0.374 e. The van der Waals surface area contributed by atoms with Crippen molar-refractivity contribution in [1.82, 2.24) is 0 Å². The molecule has 6 nitrogen and oxygen atoms in total. The predicted octanol–water partition coefficient (Wildman–Crippen LogP) is 8.33. The number of hydrogen-bond acceptors (Lipinski definition) is 6. The van der Waals surface area contributed by atoms with Crippen molar-refractivity contribution in [2.24, 2.45) is 0 Å². The average Bonchev–Trinajstić information content (AvgIpc) is 3.14. The molecule has 49 heavy (non-hydrogen) atoms. The molecular formula is C42H43ClO6. The summed E-state index contributed by atoms with van der Waals surface area (Å²) in [6, 6.07) is 47.5. The van der Waals surface area contributed by atoms with Gasteiger partial charge in [-0.2, -0.15) is 0 Å². The molecule has 7 heteroatoms. The number of benzene rings is 5. The van der Waals surface area contributed by atoms with E-state index in [0.717, 1.165) is 27.8 Å². The van der Waals surface area contributed by atoms with Gasteiger partial charge in [0.15, 0.2) is 5.79 Å². The van der Waals surface area contributed by atoms with Crippen LogP contribution in [0.25, 0.3) is 0 Å². The van der Waals surface area contributed by atoms with E-state index in [4.69, 9.17) is 35.3 Å². The Morgan fingerprint density at radius 1 is 0.531 bits per heavy atom. The molecule has 1 aliphatic heterocycles. The molecule has 0 radical (unpaired) electrons. The summed E-state index contributed by atoms with van der Waals surface area (Å²) in [5.41, 5.74) is 5.04. The SMILES string of the molecule is O[C@@]1(CCc2ccc(Cl)cc2)O[C@H](COCc2ccccc2)[C@@H](OCc2ccccc2)[C@H](OCc2ccccc2)[C@H]1OCc1ccccc1. The van der Waals surface area contributed by atoms with Crippen molar-refractivity contribution in [3.8, 4) is 0 Å². The maximum atomic E-state index is 12.6. The van der Waals surface area contributed by atoms with Gasteiger partial charge in [0.2, 0.25) is 0 Å². The first-order chi connectivity index (χ1) is 24.1. The van der Waals surface area contributed by atoms with Crippen LogP contribution < -0.4 is 0 Å². The van der Waals surface area contributed by atoms with Crippen LogP contribution in [-0.4, -0.2) is 41.9 Å². The first-order valence-electron chi connectivity index (χ1n) is 16.8. The minimum atomic E-state index is -1.73. The first kappa shape index (κ1) is 35.0. The zero-order chi connectivity index (χ0) is 33.7. The molecule has 5 atom stereocenters. The standard InChI is InChI=1S/C42H43ClO6/c43-37-23-21-32(22-24-37)25-26-42(44)41(48-30-36-19-11-4-12-20-36)40(47-29-35-17-9-3-10-18-35)39(46-28-34-15-7-2-8-16-34)38(49-42)31-45-27-33-13-5-1-6-14-33/h1-24,38-41,44H,25-31H2/t38-,39-,40+,41-,42+/m1/s1. The third kappa shape index (κ3) is 10.1. The summed E-state index contributed by atoms with van der Waals surface area (Å²) < 4.78 is 33.1. The highest BCUT2D eigenvalue weighted by Gasteiger charge is 2.56. The molecule has 5 aromatic rings. The maximum absolute atomic E-state index is 12.6. The Morgan fingerprint density at radius 2 is 0.980 bits per heavy atom. The van der Waals surface area contributed by atoms with Crippen molar-refractivity contribution in [2.75, 3.05) is 6.61 Å². The molecule has 0 bridgehead atoms. The van der Waals surface area contributed by atoms with Gasteiger partial charge < -0.3 is 28.8 Å². The van der Waals surface area contributed by atoms with Crippen LogP contribution in [0.15, 0.2) is 146 Å². The van der Waals surface area contributed by atoms with E-state index in [2.05, 4.69) is 0 Å². The van der Waals surface area contributed by atoms with E-state index in [1.54, 1.807) is 0 Å². The molecule has 1 fully saturated rings. The minimum absolute atomic E-state index is 0.175. The van der Waals surface area contributed by atoms with E-state index in [1.165, 1.54) is 0 Å². The lowest BCUT2D eigenvalue weighted by Crippen LogP contribution is -2.67. The number of aliphatic hydroxyl groups is 1. The van der Waals surface area contributed by atoms with Crippen molar-refractivity contribution in [2.45, 2.75) is 69.5 Å². The van der Waals surface area contributed by atoms with Crippen molar-refractivity contribution < 1.29 is 28.8 Å². The monoisotopic (exact) mass is 678 g/mol. The van der Waals surface area contributed by atoms with Gasteiger partial charge in [0.1, 0.15) is 24.4 Å². The van der Waals surface area contributed by atoms with Gasteiger partial charge in [0.25, 0.3) is 0 Å². The molecule has 6 rings (SSSR count). The quantitative estimate of drug-likeness (QED) is 0.113. The number of ether oxygens (including phenoxy) is 5. The molecular weight excluding hydrogens is 636 g/mol. The highest BCUT2D eigenvalue weighted by Crippen LogP contribution is 2.38. The van der Waals surface area contributed by atoms with Crippen molar-refractivity contribution in [1.29, 1.82) is 0 Å². The Hall–Kier alpha value is -3.85. The summed E-state index contributed by atoms with van der Waals surface area (Å²) >= 11 is 6.18. The van der Waals surface area contributed by atoms with Crippen LogP contribution in [0.3, 0.4) is 0 Å². The van der Waals surface area contributed by atoms with E-state index in [9.17, 15) is 5.11 Å². The number of aryl methyl sites for hydroxylation is 1. The van der Waals surface area contributed by atoms with Gasteiger partial charge in [-0.15, -0.1) is 0 Å². The molecule has 1 aliphatic rings. The molecule has 0 aromatic heterocycles. The number of halogens is 1. The van der Waals surface area contributed by atoms with Gasteiger partial charge in [-0.25, -0.2) is 0 Å². The number of hydrogen-bond donors (Lipinski definition) is 1. The molecule has 0 spiro atoms. The maximum Gasteiger partial charge on any atom is 0.195 e.